The molecular formula is C25H25ClF6N6O4. The van der Waals surface area contributed by atoms with Crippen molar-refractivity contribution >= 4 is 29.6 Å². The molecule has 2 aliphatic heterocycles. The van der Waals surface area contributed by atoms with Crippen LogP contribution in [0.3, 0.4) is 0 Å². The van der Waals surface area contributed by atoms with Crippen molar-refractivity contribution in [1.82, 2.24) is 31.3 Å². The number of carbonyl (C=O) groups excluding carboxylic acids is 3. The number of hydrazine groups is 1. The molecule has 4 rings (SSSR count). The van der Waals surface area contributed by atoms with Gasteiger partial charge in [0.1, 0.15) is 5.66 Å². The Bertz CT molecular complexity index is 1330. The van der Waals surface area contributed by atoms with Crippen LogP contribution in [-0.4, -0.2) is 71.3 Å². The van der Waals surface area contributed by atoms with E-state index in [-0.39, 0.29) is 35.8 Å². The number of amides is 5. The Hall–Kier alpha value is -3.76. The fraction of sp³-hybridized carbons (Fsp3) is 0.400. The van der Waals surface area contributed by atoms with Gasteiger partial charge in [-0.1, -0.05) is 35.9 Å². The summed E-state index contributed by atoms with van der Waals surface area (Å²) in [6.45, 7) is -1.25. The highest BCUT2D eigenvalue weighted by Crippen LogP contribution is 2.36. The number of rotatable bonds is 9. The molecule has 42 heavy (non-hydrogen) atoms. The topological polar surface area (TPSA) is 126 Å². The molecule has 0 bridgehead atoms. The minimum Gasteiger partial charge on any atom is -0.382 e. The number of benzene rings is 2. The molecule has 0 saturated carbocycles. The maximum atomic E-state index is 13.4. The lowest BCUT2D eigenvalue weighted by Crippen LogP contribution is -2.56. The van der Waals surface area contributed by atoms with E-state index in [2.05, 4.69) is 21.5 Å². The van der Waals surface area contributed by atoms with Crippen LogP contribution in [0.1, 0.15) is 29.2 Å². The molecule has 2 aromatic carbocycles. The van der Waals surface area contributed by atoms with E-state index in [0.29, 0.717) is 4.90 Å². The quantitative estimate of drug-likeness (QED) is 0.275. The Morgan fingerprint density at radius 3 is 2.36 bits per heavy atom. The van der Waals surface area contributed by atoms with Crippen LogP contribution in [0, 0.1) is 0 Å². The highest BCUT2D eigenvalue weighted by molar-refractivity contribution is 6.30. The van der Waals surface area contributed by atoms with Crippen molar-refractivity contribution in [1.29, 1.82) is 0 Å². The van der Waals surface area contributed by atoms with E-state index < -0.39 is 66.7 Å². The van der Waals surface area contributed by atoms with Crippen molar-refractivity contribution < 1.29 is 45.8 Å². The van der Waals surface area contributed by atoms with E-state index in [9.17, 15) is 45.8 Å². The fourth-order valence-electron chi connectivity index (χ4n) is 4.80. The van der Waals surface area contributed by atoms with E-state index in [1.807, 2.05) is 0 Å². The van der Waals surface area contributed by atoms with E-state index in [1.54, 1.807) is 0 Å². The second kappa shape index (κ2) is 11.9. The number of aliphatic hydroxyl groups excluding tert-OH is 1. The van der Waals surface area contributed by atoms with Crippen LogP contribution in [0.5, 0.6) is 0 Å². The SMILES string of the molecule is O=C(CC1(c2ccc(Cl)cc2)NNC(=O)N1C[C@H](O)C(F)(F)F)NCC(c1cccc(C(F)(F)F)c1)N1CCNC1=O. The lowest BCUT2D eigenvalue weighted by atomic mass is 9.93. The van der Waals surface area contributed by atoms with Crippen molar-refractivity contribution in [2.24, 2.45) is 0 Å². The fourth-order valence-corrected chi connectivity index (χ4v) is 4.92. The maximum Gasteiger partial charge on any atom is 0.416 e. The molecule has 5 amide bonds. The first kappa shape index (κ1) is 31.2. The third-order valence-corrected chi connectivity index (χ3v) is 7.16. The first-order valence-corrected chi connectivity index (χ1v) is 12.8. The summed E-state index contributed by atoms with van der Waals surface area (Å²) >= 11 is 5.94. The van der Waals surface area contributed by atoms with Crippen LogP contribution < -0.4 is 21.5 Å². The Morgan fingerprint density at radius 2 is 1.76 bits per heavy atom. The molecule has 2 aromatic rings. The summed E-state index contributed by atoms with van der Waals surface area (Å²) < 4.78 is 79.8. The Balaban J connectivity index is 1.62. The van der Waals surface area contributed by atoms with Gasteiger partial charge in [0, 0.05) is 24.7 Å². The molecule has 2 aliphatic rings. The number of nitrogens with one attached hydrogen (secondary N) is 4. The van der Waals surface area contributed by atoms with E-state index >= 15 is 0 Å². The zero-order valence-corrected chi connectivity index (χ0v) is 22.3. The summed E-state index contributed by atoms with van der Waals surface area (Å²) in [5, 5.41) is 15.1. The molecule has 5 N–H and O–H groups in total. The first-order chi connectivity index (χ1) is 19.6. The van der Waals surface area contributed by atoms with Gasteiger partial charge in [-0.2, -0.15) is 26.3 Å². The van der Waals surface area contributed by atoms with E-state index in [1.165, 1.54) is 41.3 Å². The Kier molecular flexibility index (Phi) is 8.80. The van der Waals surface area contributed by atoms with Crippen LogP contribution in [0.25, 0.3) is 0 Å². The van der Waals surface area contributed by atoms with Gasteiger partial charge in [0.2, 0.25) is 5.91 Å². The van der Waals surface area contributed by atoms with Crippen LogP contribution in [0.15, 0.2) is 48.5 Å². The molecule has 10 nitrogen and oxygen atoms in total. The second-order valence-corrected chi connectivity index (χ2v) is 10.1. The Morgan fingerprint density at radius 1 is 1.07 bits per heavy atom. The highest BCUT2D eigenvalue weighted by Gasteiger charge is 2.52. The number of carbonyl (C=O) groups is 3. The molecular weight excluding hydrogens is 598 g/mol. The predicted molar refractivity (Wildman–Crippen MR) is 135 cm³/mol. The van der Waals surface area contributed by atoms with Crippen molar-refractivity contribution in [3.8, 4) is 0 Å². The molecule has 228 valence electrons. The van der Waals surface area contributed by atoms with Gasteiger partial charge >= 0.3 is 24.4 Å². The number of nitrogens with zero attached hydrogens (tertiary/aromatic N) is 2. The van der Waals surface area contributed by atoms with Gasteiger partial charge in [0.25, 0.3) is 0 Å². The van der Waals surface area contributed by atoms with Gasteiger partial charge in [-0.3, -0.25) is 15.1 Å². The molecule has 0 aromatic heterocycles. The third-order valence-electron chi connectivity index (χ3n) is 6.91. The van der Waals surface area contributed by atoms with Gasteiger partial charge < -0.3 is 20.6 Å². The summed E-state index contributed by atoms with van der Waals surface area (Å²) in [5.41, 5.74) is 2.05. The van der Waals surface area contributed by atoms with Crippen molar-refractivity contribution in [2.75, 3.05) is 26.2 Å². The molecule has 2 saturated heterocycles. The second-order valence-electron chi connectivity index (χ2n) is 9.64. The molecule has 17 heteroatoms. The molecule has 2 fully saturated rings. The summed E-state index contributed by atoms with van der Waals surface area (Å²) in [5.74, 6) is -0.836. The largest absolute Gasteiger partial charge is 0.416 e. The zero-order chi connectivity index (χ0) is 30.9. The average Bonchev–Trinajstić information content (AvgIpc) is 3.47. The molecule has 0 aliphatic carbocycles. The van der Waals surface area contributed by atoms with Gasteiger partial charge in [-0.25, -0.2) is 15.0 Å². The minimum absolute atomic E-state index is 0.0837. The number of hydrogen-bond donors (Lipinski definition) is 5. The number of halogens is 7. The number of aliphatic hydroxyl groups is 1. The van der Waals surface area contributed by atoms with Crippen LogP contribution >= 0.6 is 11.6 Å². The average molecular weight is 623 g/mol. The van der Waals surface area contributed by atoms with Gasteiger partial charge in [-0.05, 0) is 35.4 Å². The lowest BCUT2D eigenvalue weighted by molar-refractivity contribution is -0.208. The van der Waals surface area contributed by atoms with Gasteiger partial charge in [0.05, 0.1) is 24.6 Å². The van der Waals surface area contributed by atoms with Crippen LogP contribution in [0.2, 0.25) is 5.02 Å². The smallest absolute Gasteiger partial charge is 0.382 e. The molecule has 0 radical (unpaired) electrons. The molecule has 2 unspecified atom stereocenters. The Labute approximate surface area is 239 Å². The van der Waals surface area contributed by atoms with Crippen molar-refractivity contribution in [3.63, 3.8) is 0 Å². The van der Waals surface area contributed by atoms with Crippen LogP contribution in [-0.2, 0) is 16.6 Å². The maximum absolute atomic E-state index is 13.4. The number of alkyl halides is 6. The summed E-state index contributed by atoms with van der Waals surface area (Å²) in [4.78, 5) is 40.2. The highest BCUT2D eigenvalue weighted by atomic mass is 35.5. The standard InChI is InChI=1S/C25H25ClF6N6O4/c26-17-6-4-15(5-7-17)23(36-35-22(42)38(23)13-19(39)25(30,31)32)11-20(40)34-12-18(37-9-8-33-21(37)41)14-2-1-3-16(10-14)24(27,28)29/h1-7,10,18-19,36,39H,8-9,11-13H2,(H,33,41)(H,34,40)(H,35,42)/t18?,19-,23?/m0/s1. The summed E-state index contributed by atoms with van der Waals surface area (Å²) in [7, 11) is 0. The van der Waals surface area contributed by atoms with Gasteiger partial charge in [-0.15, -0.1) is 0 Å². The molecule has 2 heterocycles. The number of hydrogen-bond acceptors (Lipinski definition) is 5. The predicted octanol–water partition coefficient (Wildman–Crippen LogP) is 3.24. The molecule has 3 atom stereocenters. The monoisotopic (exact) mass is 622 g/mol. The number of β-amino-alcohol motifs (C(OH)–C–C–N with tert-alkyl or cyclic N) is 1. The molecule has 0 spiro atoms. The van der Waals surface area contributed by atoms with Gasteiger partial charge in [0.15, 0.2) is 6.10 Å². The van der Waals surface area contributed by atoms with E-state index in [0.717, 1.165) is 12.1 Å². The van der Waals surface area contributed by atoms with E-state index in [4.69, 9.17) is 11.6 Å². The third kappa shape index (κ3) is 6.65. The first-order valence-electron chi connectivity index (χ1n) is 12.5. The minimum atomic E-state index is -5.08. The zero-order valence-electron chi connectivity index (χ0n) is 21.5. The normalized spacial score (nSPS) is 20.8. The number of urea groups is 2. The lowest BCUT2D eigenvalue weighted by Gasteiger charge is -2.38. The van der Waals surface area contributed by atoms with Crippen molar-refractivity contribution in [3.05, 3.63) is 70.2 Å². The summed E-state index contributed by atoms with van der Waals surface area (Å²) in [6, 6.07) is 7.10. The van der Waals surface area contributed by atoms with Crippen LogP contribution in [0.4, 0.5) is 35.9 Å². The summed E-state index contributed by atoms with van der Waals surface area (Å²) in [6.07, 6.45) is -13.4. The van der Waals surface area contributed by atoms with Crippen molar-refractivity contribution in [2.45, 2.75) is 36.6 Å².